The zero-order valence-electron chi connectivity index (χ0n) is 17.0. The van der Waals surface area contributed by atoms with Crippen molar-refractivity contribution in [3.63, 3.8) is 0 Å². The highest BCUT2D eigenvalue weighted by Crippen LogP contribution is 2.24. The number of benzene rings is 1. The van der Waals surface area contributed by atoms with Crippen LogP contribution in [0.15, 0.2) is 29.4 Å². The molecule has 9 heteroatoms. The lowest BCUT2D eigenvalue weighted by Crippen LogP contribution is -2.42. The van der Waals surface area contributed by atoms with Gasteiger partial charge in [-0.05, 0) is 31.9 Å². The molecule has 1 aliphatic carbocycles. The van der Waals surface area contributed by atoms with E-state index in [1.807, 2.05) is 30.0 Å². The molecule has 1 saturated carbocycles. The number of hydrogen-bond acceptors (Lipinski definition) is 7. The quantitative estimate of drug-likeness (QED) is 0.493. The zero-order chi connectivity index (χ0) is 20.6. The molecule has 1 aromatic carbocycles. The fourth-order valence-corrected chi connectivity index (χ4v) is 4.34. The van der Waals surface area contributed by atoms with Crippen LogP contribution in [0.2, 0.25) is 0 Å². The summed E-state index contributed by atoms with van der Waals surface area (Å²) in [7, 11) is 1.61. The van der Waals surface area contributed by atoms with Crippen molar-refractivity contribution >= 4 is 17.7 Å². The van der Waals surface area contributed by atoms with Gasteiger partial charge >= 0.3 is 0 Å². The standard InChI is InChI=1S/C20H29N5O3S/c1-3-24(15-8-5-4-6-9-15)19(26)14-29-20-23-22-18(25(20)21)13-28-17-11-7-10-16(12-17)27-2/h7,10-12,15H,3-6,8-9,13-14,21H2,1-2H3. The van der Waals surface area contributed by atoms with E-state index in [0.717, 1.165) is 19.4 Å². The first kappa shape index (κ1) is 21.3. The Balaban J connectivity index is 1.54. The maximum Gasteiger partial charge on any atom is 0.233 e. The van der Waals surface area contributed by atoms with E-state index in [2.05, 4.69) is 10.2 Å². The fraction of sp³-hybridized carbons (Fsp3) is 0.550. The molecule has 3 rings (SSSR count). The largest absolute Gasteiger partial charge is 0.497 e. The van der Waals surface area contributed by atoms with Gasteiger partial charge in [-0.2, -0.15) is 0 Å². The van der Waals surface area contributed by atoms with Crippen LogP contribution in [0.3, 0.4) is 0 Å². The highest BCUT2D eigenvalue weighted by atomic mass is 32.2. The lowest BCUT2D eigenvalue weighted by atomic mass is 9.94. The Morgan fingerprint density at radius 3 is 2.76 bits per heavy atom. The second kappa shape index (κ2) is 10.4. The lowest BCUT2D eigenvalue weighted by molar-refractivity contribution is -0.131. The first-order valence-corrected chi connectivity index (χ1v) is 11.0. The molecule has 0 unspecified atom stereocenters. The molecule has 1 fully saturated rings. The third-order valence-electron chi connectivity index (χ3n) is 5.15. The van der Waals surface area contributed by atoms with E-state index in [1.54, 1.807) is 13.2 Å². The van der Waals surface area contributed by atoms with Gasteiger partial charge in [-0.25, -0.2) is 4.68 Å². The van der Waals surface area contributed by atoms with Gasteiger partial charge in [0.1, 0.15) is 18.1 Å². The molecule has 0 radical (unpaired) electrons. The minimum atomic E-state index is 0.126. The Labute approximate surface area is 175 Å². The number of nitrogens with two attached hydrogens (primary N) is 1. The molecule has 2 aromatic rings. The van der Waals surface area contributed by atoms with Gasteiger partial charge in [-0.1, -0.05) is 37.1 Å². The third kappa shape index (κ3) is 5.56. The average Bonchev–Trinajstić information content (AvgIpc) is 3.11. The van der Waals surface area contributed by atoms with Crippen LogP contribution in [0.5, 0.6) is 11.5 Å². The number of carbonyl (C=O) groups is 1. The molecule has 0 saturated heterocycles. The third-order valence-corrected chi connectivity index (χ3v) is 6.07. The van der Waals surface area contributed by atoms with Crippen molar-refractivity contribution in [2.75, 3.05) is 25.3 Å². The first-order chi connectivity index (χ1) is 14.1. The van der Waals surface area contributed by atoms with E-state index in [-0.39, 0.29) is 12.5 Å². The van der Waals surface area contributed by atoms with Crippen molar-refractivity contribution in [3.8, 4) is 11.5 Å². The van der Waals surface area contributed by atoms with Crippen LogP contribution in [-0.4, -0.2) is 51.1 Å². The number of nitrogens with zero attached hydrogens (tertiary/aromatic N) is 4. The Bertz CT molecular complexity index is 807. The summed E-state index contributed by atoms with van der Waals surface area (Å²) in [5.74, 6) is 8.39. The van der Waals surface area contributed by atoms with Crippen molar-refractivity contribution in [2.45, 2.75) is 56.8 Å². The van der Waals surface area contributed by atoms with Crippen LogP contribution in [0.25, 0.3) is 0 Å². The number of carbonyl (C=O) groups excluding carboxylic acids is 1. The van der Waals surface area contributed by atoms with Crippen LogP contribution < -0.4 is 15.3 Å². The number of aromatic nitrogens is 3. The number of thioether (sulfide) groups is 1. The summed E-state index contributed by atoms with van der Waals surface area (Å²) in [6, 6.07) is 7.68. The second-order valence-corrected chi connectivity index (χ2v) is 7.94. The summed E-state index contributed by atoms with van der Waals surface area (Å²) < 4.78 is 12.3. The molecular formula is C20H29N5O3S. The van der Waals surface area contributed by atoms with E-state index in [9.17, 15) is 4.79 Å². The SMILES string of the molecule is CCN(C(=O)CSc1nnc(COc2cccc(OC)c2)n1N)C1CCCCC1. The number of ether oxygens (including phenoxy) is 2. The molecular weight excluding hydrogens is 390 g/mol. The summed E-state index contributed by atoms with van der Waals surface area (Å²) in [5.41, 5.74) is 0. The van der Waals surface area contributed by atoms with Crippen molar-refractivity contribution in [2.24, 2.45) is 0 Å². The Kier molecular flexibility index (Phi) is 7.62. The summed E-state index contributed by atoms with van der Waals surface area (Å²) in [4.78, 5) is 14.7. The smallest absolute Gasteiger partial charge is 0.233 e. The van der Waals surface area contributed by atoms with Gasteiger partial charge in [0.15, 0.2) is 5.82 Å². The number of rotatable bonds is 9. The van der Waals surface area contributed by atoms with Crippen LogP contribution in [0.1, 0.15) is 44.9 Å². The lowest BCUT2D eigenvalue weighted by Gasteiger charge is -2.33. The van der Waals surface area contributed by atoms with Gasteiger partial charge < -0.3 is 20.2 Å². The summed E-state index contributed by atoms with van der Waals surface area (Å²) in [6.07, 6.45) is 5.88. The molecule has 0 aliphatic heterocycles. The van der Waals surface area contributed by atoms with Crippen LogP contribution in [0, 0.1) is 0 Å². The van der Waals surface area contributed by atoms with Gasteiger partial charge in [0.25, 0.3) is 0 Å². The predicted molar refractivity (Wildman–Crippen MR) is 112 cm³/mol. The van der Waals surface area contributed by atoms with Gasteiger partial charge in [0.05, 0.1) is 12.9 Å². The van der Waals surface area contributed by atoms with Gasteiger partial charge in [-0.3, -0.25) is 4.79 Å². The molecule has 2 N–H and O–H groups in total. The molecule has 1 aliphatic rings. The maximum absolute atomic E-state index is 12.7. The minimum Gasteiger partial charge on any atom is -0.497 e. The molecule has 8 nitrogen and oxygen atoms in total. The molecule has 1 heterocycles. The Morgan fingerprint density at radius 2 is 2.03 bits per heavy atom. The van der Waals surface area contributed by atoms with Crippen LogP contribution >= 0.6 is 11.8 Å². The summed E-state index contributed by atoms with van der Waals surface area (Å²) in [5, 5.41) is 8.70. The normalized spacial score (nSPS) is 14.6. The zero-order valence-corrected chi connectivity index (χ0v) is 17.9. The summed E-state index contributed by atoms with van der Waals surface area (Å²) >= 11 is 1.31. The van der Waals surface area contributed by atoms with E-state index in [4.69, 9.17) is 15.3 Å². The van der Waals surface area contributed by atoms with E-state index in [0.29, 0.717) is 34.3 Å². The van der Waals surface area contributed by atoms with Gasteiger partial charge in [-0.15, -0.1) is 10.2 Å². The van der Waals surface area contributed by atoms with Crippen molar-refractivity contribution in [3.05, 3.63) is 30.1 Å². The maximum atomic E-state index is 12.7. The van der Waals surface area contributed by atoms with Crippen LogP contribution in [0.4, 0.5) is 0 Å². The van der Waals surface area contributed by atoms with E-state index >= 15 is 0 Å². The number of methoxy groups -OCH3 is 1. The molecule has 0 spiro atoms. The van der Waals surface area contributed by atoms with Crippen LogP contribution in [-0.2, 0) is 11.4 Å². The van der Waals surface area contributed by atoms with E-state index < -0.39 is 0 Å². The highest BCUT2D eigenvalue weighted by molar-refractivity contribution is 7.99. The molecule has 29 heavy (non-hydrogen) atoms. The molecule has 0 atom stereocenters. The molecule has 158 valence electrons. The van der Waals surface area contributed by atoms with Gasteiger partial charge in [0.2, 0.25) is 11.1 Å². The van der Waals surface area contributed by atoms with Crippen molar-refractivity contribution < 1.29 is 14.3 Å². The Hall–Kier alpha value is -2.42. The second-order valence-electron chi connectivity index (χ2n) is 7.00. The molecule has 1 amide bonds. The summed E-state index contributed by atoms with van der Waals surface area (Å²) in [6.45, 7) is 2.95. The minimum absolute atomic E-state index is 0.126. The predicted octanol–water partition coefficient (Wildman–Crippen LogP) is 2.85. The first-order valence-electron chi connectivity index (χ1n) is 10.0. The number of amides is 1. The average molecular weight is 420 g/mol. The van der Waals surface area contributed by atoms with Crippen molar-refractivity contribution in [1.29, 1.82) is 0 Å². The number of nitrogen functional groups attached to an aromatic ring is 1. The van der Waals surface area contributed by atoms with Gasteiger partial charge in [0, 0.05) is 18.7 Å². The molecule has 1 aromatic heterocycles. The fourth-order valence-electron chi connectivity index (χ4n) is 3.58. The number of hydrogen-bond donors (Lipinski definition) is 1. The topological polar surface area (TPSA) is 95.5 Å². The van der Waals surface area contributed by atoms with Crippen molar-refractivity contribution in [1.82, 2.24) is 19.8 Å². The Morgan fingerprint density at radius 1 is 1.28 bits per heavy atom. The highest BCUT2D eigenvalue weighted by Gasteiger charge is 2.24. The van der Waals surface area contributed by atoms with E-state index in [1.165, 1.54) is 35.7 Å². The molecule has 0 bridgehead atoms. The monoisotopic (exact) mass is 419 g/mol.